The lowest BCUT2D eigenvalue weighted by Crippen LogP contribution is -2.02. The van der Waals surface area contributed by atoms with E-state index in [1.165, 1.54) is 19.4 Å². The lowest BCUT2D eigenvalue weighted by Gasteiger charge is -2.07. The monoisotopic (exact) mass is 327 g/mol. The van der Waals surface area contributed by atoms with Crippen LogP contribution in [-0.4, -0.2) is 13.1 Å². The first-order valence-corrected chi connectivity index (χ1v) is 6.24. The second-order valence-electron chi connectivity index (χ2n) is 3.74. The Labute approximate surface area is 117 Å². The van der Waals surface area contributed by atoms with Gasteiger partial charge in [-0.3, -0.25) is 0 Å². The Kier molecular flexibility index (Phi) is 4.21. The van der Waals surface area contributed by atoms with Crippen molar-refractivity contribution in [3.8, 4) is 0 Å². The van der Waals surface area contributed by atoms with E-state index in [1.807, 2.05) is 0 Å². The first kappa shape index (κ1) is 13.6. The molecule has 6 heteroatoms. The number of para-hydroxylation sites is 1. The number of halogens is 2. The minimum absolute atomic E-state index is 0.260. The van der Waals surface area contributed by atoms with Gasteiger partial charge >= 0.3 is 5.97 Å². The van der Waals surface area contributed by atoms with Crippen LogP contribution in [0.1, 0.15) is 16.1 Å². The number of nitrogens with one attached hydrogen (secondary N) is 1. The van der Waals surface area contributed by atoms with Crippen LogP contribution in [0.5, 0.6) is 0 Å². The summed E-state index contributed by atoms with van der Waals surface area (Å²) in [5, 5.41) is 2.90. The Morgan fingerprint density at radius 3 is 3.00 bits per heavy atom. The molecule has 0 spiro atoms. The molecule has 0 atom stereocenters. The SMILES string of the molecule is COC(=O)c1coc(CNc2c(F)cccc2Br)c1. The lowest BCUT2D eigenvalue weighted by molar-refractivity contribution is 0.0600. The molecule has 0 unspecified atom stereocenters. The zero-order chi connectivity index (χ0) is 13.8. The third-order valence-electron chi connectivity index (χ3n) is 2.48. The van der Waals surface area contributed by atoms with E-state index in [1.54, 1.807) is 18.2 Å². The van der Waals surface area contributed by atoms with Crippen molar-refractivity contribution in [1.82, 2.24) is 0 Å². The second kappa shape index (κ2) is 5.88. The normalized spacial score (nSPS) is 10.3. The molecule has 0 fully saturated rings. The number of benzene rings is 1. The van der Waals surface area contributed by atoms with Crippen LogP contribution in [0.25, 0.3) is 0 Å². The third kappa shape index (κ3) is 3.14. The lowest BCUT2D eigenvalue weighted by atomic mass is 10.3. The summed E-state index contributed by atoms with van der Waals surface area (Å²) in [7, 11) is 1.30. The molecule has 0 aliphatic heterocycles. The number of ether oxygens (including phenoxy) is 1. The topological polar surface area (TPSA) is 51.5 Å². The Morgan fingerprint density at radius 1 is 1.53 bits per heavy atom. The fourth-order valence-corrected chi connectivity index (χ4v) is 2.02. The minimum atomic E-state index is -0.470. The third-order valence-corrected chi connectivity index (χ3v) is 3.14. The molecular formula is C13H11BrFNO3. The van der Waals surface area contributed by atoms with Crippen molar-refractivity contribution in [3.05, 3.63) is 52.1 Å². The van der Waals surface area contributed by atoms with E-state index in [0.717, 1.165) is 0 Å². The van der Waals surface area contributed by atoms with E-state index in [4.69, 9.17) is 4.42 Å². The summed E-state index contributed by atoms with van der Waals surface area (Å²) in [5.74, 6) is -0.327. The van der Waals surface area contributed by atoms with Gasteiger partial charge < -0.3 is 14.5 Å². The summed E-state index contributed by atoms with van der Waals surface area (Å²) in [6.07, 6.45) is 1.30. The van der Waals surface area contributed by atoms with Crippen molar-refractivity contribution >= 4 is 27.6 Å². The Hall–Kier alpha value is -1.82. The summed E-state index contributed by atoms with van der Waals surface area (Å²) in [5.41, 5.74) is 0.672. The van der Waals surface area contributed by atoms with Crippen molar-refractivity contribution in [2.75, 3.05) is 12.4 Å². The van der Waals surface area contributed by atoms with Gasteiger partial charge in [-0.25, -0.2) is 9.18 Å². The molecule has 1 aromatic heterocycles. The Balaban J connectivity index is 2.07. The van der Waals surface area contributed by atoms with Gasteiger partial charge in [0.25, 0.3) is 0 Å². The molecule has 0 saturated heterocycles. The van der Waals surface area contributed by atoms with Crippen LogP contribution in [0.4, 0.5) is 10.1 Å². The highest BCUT2D eigenvalue weighted by molar-refractivity contribution is 9.10. The summed E-state index contributed by atoms with van der Waals surface area (Å²) < 4.78 is 23.9. The number of carbonyl (C=O) groups excluding carboxylic acids is 1. The molecule has 0 bridgehead atoms. The van der Waals surface area contributed by atoms with Gasteiger partial charge in [-0.15, -0.1) is 0 Å². The van der Waals surface area contributed by atoms with Crippen molar-refractivity contribution in [2.45, 2.75) is 6.54 Å². The summed E-state index contributed by atoms with van der Waals surface area (Å²) in [6, 6.07) is 6.24. The van der Waals surface area contributed by atoms with Gasteiger partial charge in [0.2, 0.25) is 0 Å². The molecule has 2 rings (SSSR count). The average Bonchev–Trinajstić information content (AvgIpc) is 2.86. The molecule has 0 aliphatic rings. The van der Waals surface area contributed by atoms with Crippen LogP contribution in [0.15, 0.2) is 39.4 Å². The second-order valence-corrected chi connectivity index (χ2v) is 4.60. The smallest absolute Gasteiger partial charge is 0.341 e. The maximum atomic E-state index is 13.5. The van der Waals surface area contributed by atoms with Crippen LogP contribution < -0.4 is 5.32 Å². The fraction of sp³-hybridized carbons (Fsp3) is 0.154. The maximum absolute atomic E-state index is 13.5. The number of hydrogen-bond acceptors (Lipinski definition) is 4. The molecule has 4 nitrogen and oxygen atoms in total. The Bertz CT molecular complexity index is 577. The van der Waals surface area contributed by atoms with Gasteiger partial charge in [0.15, 0.2) is 0 Å². The first-order valence-electron chi connectivity index (χ1n) is 5.45. The predicted octanol–water partition coefficient (Wildman–Crippen LogP) is 3.58. The molecule has 0 aliphatic carbocycles. The summed E-state index contributed by atoms with van der Waals surface area (Å²) in [4.78, 5) is 11.2. The van der Waals surface area contributed by atoms with Crippen molar-refractivity contribution < 1.29 is 18.3 Å². The zero-order valence-electron chi connectivity index (χ0n) is 10.1. The molecule has 1 aromatic carbocycles. The highest BCUT2D eigenvalue weighted by atomic mass is 79.9. The number of esters is 1. The van der Waals surface area contributed by atoms with E-state index in [2.05, 4.69) is 26.0 Å². The van der Waals surface area contributed by atoms with Crippen LogP contribution >= 0.6 is 15.9 Å². The molecule has 19 heavy (non-hydrogen) atoms. The van der Waals surface area contributed by atoms with Gasteiger partial charge in [-0.2, -0.15) is 0 Å². The number of hydrogen-bond donors (Lipinski definition) is 1. The van der Waals surface area contributed by atoms with Gasteiger partial charge in [-0.1, -0.05) is 6.07 Å². The quantitative estimate of drug-likeness (QED) is 0.872. The summed E-state index contributed by atoms with van der Waals surface area (Å²) in [6.45, 7) is 0.260. The van der Waals surface area contributed by atoms with E-state index < -0.39 is 5.97 Å². The molecule has 1 N–H and O–H groups in total. The van der Waals surface area contributed by atoms with Crippen molar-refractivity contribution in [2.24, 2.45) is 0 Å². The van der Waals surface area contributed by atoms with Crippen LogP contribution in [0, 0.1) is 5.82 Å². The van der Waals surface area contributed by atoms with Gasteiger partial charge in [0, 0.05) is 4.47 Å². The number of anilines is 1. The average molecular weight is 328 g/mol. The Morgan fingerprint density at radius 2 is 2.32 bits per heavy atom. The van der Waals surface area contributed by atoms with Crippen LogP contribution in [0.2, 0.25) is 0 Å². The molecule has 0 amide bonds. The fourth-order valence-electron chi connectivity index (χ4n) is 1.54. The molecule has 1 heterocycles. The highest BCUT2D eigenvalue weighted by Crippen LogP contribution is 2.25. The van der Waals surface area contributed by atoms with Gasteiger partial charge in [-0.05, 0) is 34.1 Å². The molecule has 0 saturated carbocycles. The zero-order valence-corrected chi connectivity index (χ0v) is 11.7. The number of methoxy groups -OCH3 is 1. The molecular weight excluding hydrogens is 317 g/mol. The first-order chi connectivity index (χ1) is 9.11. The van der Waals surface area contributed by atoms with Crippen LogP contribution in [-0.2, 0) is 11.3 Å². The largest absolute Gasteiger partial charge is 0.467 e. The number of rotatable bonds is 4. The standard InChI is InChI=1S/C13H11BrFNO3/c1-18-13(17)8-5-9(19-7-8)6-16-12-10(14)3-2-4-11(12)15/h2-5,7,16H,6H2,1H3. The predicted molar refractivity (Wildman–Crippen MR) is 71.5 cm³/mol. The number of furan rings is 1. The summed E-state index contributed by atoms with van der Waals surface area (Å²) >= 11 is 3.25. The molecule has 0 radical (unpaired) electrons. The van der Waals surface area contributed by atoms with Gasteiger partial charge in [0.1, 0.15) is 17.8 Å². The van der Waals surface area contributed by atoms with Crippen LogP contribution in [0.3, 0.4) is 0 Å². The van der Waals surface area contributed by atoms with E-state index in [9.17, 15) is 9.18 Å². The highest BCUT2D eigenvalue weighted by Gasteiger charge is 2.11. The molecule has 2 aromatic rings. The van der Waals surface area contributed by atoms with Crippen molar-refractivity contribution in [3.63, 3.8) is 0 Å². The van der Waals surface area contributed by atoms with E-state index in [0.29, 0.717) is 21.5 Å². The minimum Gasteiger partial charge on any atom is -0.467 e. The maximum Gasteiger partial charge on any atom is 0.341 e. The van der Waals surface area contributed by atoms with E-state index in [-0.39, 0.29) is 12.4 Å². The van der Waals surface area contributed by atoms with Crippen molar-refractivity contribution in [1.29, 1.82) is 0 Å². The van der Waals surface area contributed by atoms with Gasteiger partial charge in [0.05, 0.1) is 24.9 Å². The van der Waals surface area contributed by atoms with E-state index >= 15 is 0 Å². The number of carbonyl (C=O) groups is 1. The molecule has 100 valence electrons.